The van der Waals surface area contributed by atoms with Gasteiger partial charge < -0.3 is 10.4 Å². The average molecular weight is 239 g/mol. The van der Waals surface area contributed by atoms with Crippen molar-refractivity contribution in [3.05, 3.63) is 0 Å². The molecule has 0 saturated heterocycles. The van der Waals surface area contributed by atoms with E-state index in [1.807, 2.05) is 6.92 Å². The Morgan fingerprint density at radius 2 is 1.94 bits per heavy atom. The number of nitrogens with one attached hydrogen (secondary N) is 1. The molecule has 0 aliphatic heterocycles. The Labute approximate surface area is 104 Å². The molecule has 0 radical (unpaired) electrons. The monoisotopic (exact) mass is 239 g/mol. The van der Waals surface area contributed by atoms with Gasteiger partial charge >= 0.3 is 5.97 Å². The number of carbonyl (C=O) groups is 1. The summed E-state index contributed by atoms with van der Waals surface area (Å²) in [4.78, 5) is 11.4. The molecule has 3 nitrogen and oxygen atoms in total. The maximum Gasteiger partial charge on any atom is 0.323 e. The van der Waals surface area contributed by atoms with Crippen LogP contribution in [0.25, 0.3) is 0 Å². The molecule has 2 N–H and O–H groups in total. The van der Waals surface area contributed by atoms with Crippen LogP contribution in [0, 0.1) is 17.8 Å². The zero-order valence-electron chi connectivity index (χ0n) is 11.0. The molecule has 3 heteroatoms. The number of carboxylic acid groups (broad SMARTS) is 1. The van der Waals surface area contributed by atoms with Crippen LogP contribution in [0.2, 0.25) is 0 Å². The predicted molar refractivity (Wildman–Crippen MR) is 67.9 cm³/mol. The summed E-state index contributed by atoms with van der Waals surface area (Å²) < 4.78 is 0. The van der Waals surface area contributed by atoms with Crippen molar-refractivity contribution in [3.63, 3.8) is 0 Å². The molecule has 2 aliphatic rings. The first-order valence-corrected chi connectivity index (χ1v) is 7.02. The summed E-state index contributed by atoms with van der Waals surface area (Å²) in [6.07, 6.45) is 7.35. The van der Waals surface area contributed by atoms with Crippen LogP contribution in [0.1, 0.15) is 52.4 Å². The Hall–Kier alpha value is -0.570. The minimum Gasteiger partial charge on any atom is -0.480 e. The molecule has 3 unspecified atom stereocenters. The second-order valence-corrected chi connectivity index (χ2v) is 6.18. The van der Waals surface area contributed by atoms with Crippen LogP contribution >= 0.6 is 0 Å². The number of hydrogen-bond acceptors (Lipinski definition) is 2. The van der Waals surface area contributed by atoms with Gasteiger partial charge in [0.25, 0.3) is 0 Å². The van der Waals surface area contributed by atoms with Crippen LogP contribution in [0.3, 0.4) is 0 Å². The van der Waals surface area contributed by atoms with Gasteiger partial charge in [0.15, 0.2) is 0 Å². The Morgan fingerprint density at radius 1 is 1.29 bits per heavy atom. The van der Waals surface area contributed by atoms with Gasteiger partial charge in [-0.25, -0.2) is 0 Å². The van der Waals surface area contributed by atoms with E-state index in [0.29, 0.717) is 11.8 Å². The lowest BCUT2D eigenvalue weighted by molar-refractivity contribution is -0.145. The molecule has 2 saturated carbocycles. The van der Waals surface area contributed by atoms with Crippen molar-refractivity contribution in [3.8, 4) is 0 Å². The van der Waals surface area contributed by atoms with Crippen molar-refractivity contribution in [2.75, 3.05) is 6.54 Å². The molecule has 0 aromatic rings. The maximum atomic E-state index is 11.4. The molecule has 2 aliphatic carbocycles. The molecule has 0 amide bonds. The van der Waals surface area contributed by atoms with Gasteiger partial charge in [-0.2, -0.15) is 0 Å². The van der Waals surface area contributed by atoms with E-state index >= 15 is 0 Å². The number of carboxylic acids is 1. The van der Waals surface area contributed by atoms with Crippen molar-refractivity contribution < 1.29 is 9.90 Å². The zero-order chi connectivity index (χ0) is 12.5. The second-order valence-electron chi connectivity index (χ2n) is 6.18. The minimum atomic E-state index is -0.683. The highest BCUT2D eigenvalue weighted by atomic mass is 16.4. The average Bonchev–Trinajstić information content (AvgIpc) is 3.11. The lowest BCUT2D eigenvalue weighted by Gasteiger charge is -2.33. The van der Waals surface area contributed by atoms with E-state index in [1.165, 1.54) is 25.7 Å². The SMILES string of the molecule is CC1CCCCC1CNC(C)(C(=O)O)C1CC1. The van der Waals surface area contributed by atoms with Crippen LogP contribution in [0.15, 0.2) is 0 Å². The Balaban J connectivity index is 1.88. The molecule has 0 heterocycles. The fraction of sp³-hybridized carbons (Fsp3) is 0.929. The standard InChI is InChI=1S/C14H25NO2/c1-10-5-3-4-6-11(10)9-15-14(2,13(16)17)12-7-8-12/h10-12,15H,3-9H2,1-2H3,(H,16,17). The lowest BCUT2D eigenvalue weighted by atomic mass is 9.80. The van der Waals surface area contributed by atoms with Crippen LogP contribution < -0.4 is 5.32 Å². The van der Waals surface area contributed by atoms with Crippen molar-refractivity contribution in [2.45, 2.75) is 57.9 Å². The highest BCUT2D eigenvalue weighted by Gasteiger charge is 2.47. The summed E-state index contributed by atoms with van der Waals surface area (Å²) in [7, 11) is 0. The molecule has 2 fully saturated rings. The number of aliphatic carboxylic acids is 1. The first-order valence-electron chi connectivity index (χ1n) is 7.02. The van der Waals surface area contributed by atoms with Gasteiger partial charge in [0, 0.05) is 0 Å². The van der Waals surface area contributed by atoms with Crippen molar-refractivity contribution in [1.29, 1.82) is 0 Å². The largest absolute Gasteiger partial charge is 0.480 e. The van der Waals surface area contributed by atoms with Crippen molar-refractivity contribution in [1.82, 2.24) is 5.32 Å². The third-order valence-corrected chi connectivity index (χ3v) is 4.86. The summed E-state index contributed by atoms with van der Waals surface area (Å²) in [6.45, 7) is 5.04. The Bertz CT molecular complexity index is 288. The molecular weight excluding hydrogens is 214 g/mol. The van der Waals surface area contributed by atoms with Gasteiger partial charge in [0.2, 0.25) is 0 Å². The molecule has 17 heavy (non-hydrogen) atoms. The van der Waals surface area contributed by atoms with E-state index in [4.69, 9.17) is 0 Å². The first kappa shape index (κ1) is 12.9. The highest BCUT2D eigenvalue weighted by molar-refractivity contribution is 5.79. The third kappa shape index (κ3) is 2.82. The summed E-state index contributed by atoms with van der Waals surface area (Å²) in [6, 6.07) is 0. The molecule has 0 spiro atoms. The van der Waals surface area contributed by atoms with Crippen LogP contribution in [0.4, 0.5) is 0 Å². The molecule has 0 aromatic carbocycles. The molecule has 2 rings (SSSR count). The summed E-state index contributed by atoms with van der Waals surface area (Å²) >= 11 is 0. The van der Waals surface area contributed by atoms with E-state index in [9.17, 15) is 9.90 Å². The highest BCUT2D eigenvalue weighted by Crippen LogP contribution is 2.40. The molecule has 0 aromatic heterocycles. The van der Waals surface area contributed by atoms with Crippen molar-refractivity contribution >= 4 is 5.97 Å². The normalized spacial score (nSPS) is 33.1. The number of hydrogen-bond donors (Lipinski definition) is 2. The molecular formula is C14H25NO2. The molecule has 0 bridgehead atoms. The van der Waals surface area contributed by atoms with Gasteiger partial charge in [-0.3, -0.25) is 4.79 Å². The quantitative estimate of drug-likeness (QED) is 0.775. The van der Waals surface area contributed by atoms with Gasteiger partial charge in [-0.1, -0.05) is 26.2 Å². The fourth-order valence-electron chi connectivity index (χ4n) is 3.09. The van der Waals surface area contributed by atoms with E-state index in [1.54, 1.807) is 0 Å². The summed E-state index contributed by atoms with van der Waals surface area (Å²) in [5, 5.41) is 12.7. The first-order chi connectivity index (χ1) is 8.04. The number of rotatable bonds is 5. The third-order valence-electron chi connectivity index (χ3n) is 4.86. The topological polar surface area (TPSA) is 49.3 Å². The van der Waals surface area contributed by atoms with Crippen LogP contribution in [-0.4, -0.2) is 23.2 Å². The van der Waals surface area contributed by atoms with Gasteiger partial charge in [0.05, 0.1) is 0 Å². The van der Waals surface area contributed by atoms with E-state index < -0.39 is 11.5 Å². The van der Waals surface area contributed by atoms with Gasteiger partial charge in [0.1, 0.15) is 5.54 Å². The maximum absolute atomic E-state index is 11.4. The smallest absolute Gasteiger partial charge is 0.323 e. The fourth-order valence-corrected chi connectivity index (χ4v) is 3.09. The predicted octanol–water partition coefficient (Wildman–Crippen LogP) is 2.66. The van der Waals surface area contributed by atoms with E-state index in [2.05, 4.69) is 12.2 Å². The van der Waals surface area contributed by atoms with E-state index in [-0.39, 0.29) is 0 Å². The summed E-state index contributed by atoms with van der Waals surface area (Å²) in [5.74, 6) is 1.08. The van der Waals surface area contributed by atoms with Gasteiger partial charge in [-0.05, 0) is 50.5 Å². The zero-order valence-corrected chi connectivity index (χ0v) is 11.0. The van der Waals surface area contributed by atoms with E-state index in [0.717, 1.165) is 25.3 Å². The second kappa shape index (κ2) is 4.97. The minimum absolute atomic E-state index is 0.346. The van der Waals surface area contributed by atoms with Crippen LogP contribution in [0.5, 0.6) is 0 Å². The van der Waals surface area contributed by atoms with Crippen molar-refractivity contribution in [2.24, 2.45) is 17.8 Å². The lowest BCUT2D eigenvalue weighted by Crippen LogP contribution is -2.53. The van der Waals surface area contributed by atoms with Gasteiger partial charge in [-0.15, -0.1) is 0 Å². The Kier molecular flexibility index (Phi) is 3.76. The van der Waals surface area contributed by atoms with Crippen LogP contribution in [-0.2, 0) is 4.79 Å². The summed E-state index contributed by atoms with van der Waals surface area (Å²) in [5.41, 5.74) is -0.683. The molecule has 98 valence electrons. The molecule has 3 atom stereocenters. The Morgan fingerprint density at radius 3 is 2.47 bits per heavy atom.